The van der Waals surface area contributed by atoms with Gasteiger partial charge in [0.05, 0.1) is 6.20 Å². The molecule has 0 radical (unpaired) electrons. The van der Waals surface area contributed by atoms with Crippen LogP contribution < -0.4 is 5.32 Å². The fourth-order valence-electron chi connectivity index (χ4n) is 2.30. The van der Waals surface area contributed by atoms with Crippen LogP contribution >= 0.6 is 0 Å². The zero-order chi connectivity index (χ0) is 13.4. The predicted molar refractivity (Wildman–Crippen MR) is 77.6 cm³/mol. The Balaban J connectivity index is 2.28. The van der Waals surface area contributed by atoms with Crippen molar-refractivity contribution in [1.29, 1.82) is 0 Å². The maximum atomic E-state index is 4.23. The summed E-state index contributed by atoms with van der Waals surface area (Å²) in [4.78, 5) is 0. The van der Waals surface area contributed by atoms with Crippen LogP contribution in [-0.2, 0) is 13.5 Å². The van der Waals surface area contributed by atoms with Gasteiger partial charge in [0, 0.05) is 13.2 Å². The highest BCUT2D eigenvalue weighted by molar-refractivity contribution is 5.03. The number of hydrogen-bond donors (Lipinski definition) is 1. The van der Waals surface area contributed by atoms with Crippen LogP contribution in [0.4, 0.5) is 0 Å². The van der Waals surface area contributed by atoms with E-state index in [1.54, 1.807) is 0 Å². The van der Waals surface area contributed by atoms with Crippen LogP contribution in [0.2, 0.25) is 0 Å². The summed E-state index contributed by atoms with van der Waals surface area (Å²) in [6, 6.07) is 0. The first kappa shape index (κ1) is 15.2. The molecular weight excluding hydrogens is 222 g/mol. The van der Waals surface area contributed by atoms with Gasteiger partial charge in [-0.1, -0.05) is 27.2 Å². The Morgan fingerprint density at radius 3 is 2.61 bits per heavy atom. The standard InChI is InChI=1S/C15H29N3/c1-5-6-14(10-16-9-13(2)3)7-8-15-11-17-18(4)12-15/h11-14,16H,5-10H2,1-4H3. The summed E-state index contributed by atoms with van der Waals surface area (Å²) in [5.41, 5.74) is 1.36. The van der Waals surface area contributed by atoms with Crippen LogP contribution in [0.5, 0.6) is 0 Å². The van der Waals surface area contributed by atoms with E-state index in [0.717, 1.165) is 31.3 Å². The van der Waals surface area contributed by atoms with E-state index >= 15 is 0 Å². The minimum Gasteiger partial charge on any atom is -0.316 e. The Labute approximate surface area is 112 Å². The number of hydrogen-bond acceptors (Lipinski definition) is 2. The second-order valence-electron chi connectivity index (χ2n) is 5.77. The van der Waals surface area contributed by atoms with Gasteiger partial charge in [0.25, 0.3) is 0 Å². The Bertz CT molecular complexity index is 317. The Morgan fingerprint density at radius 2 is 2.06 bits per heavy atom. The van der Waals surface area contributed by atoms with Crippen molar-refractivity contribution in [2.45, 2.75) is 46.5 Å². The smallest absolute Gasteiger partial charge is 0.0521 e. The van der Waals surface area contributed by atoms with Gasteiger partial charge in [0.1, 0.15) is 0 Å². The van der Waals surface area contributed by atoms with Gasteiger partial charge < -0.3 is 5.32 Å². The van der Waals surface area contributed by atoms with Gasteiger partial charge in [-0.15, -0.1) is 0 Å². The van der Waals surface area contributed by atoms with E-state index in [9.17, 15) is 0 Å². The molecule has 1 aromatic rings. The Hall–Kier alpha value is -0.830. The third-order valence-corrected chi connectivity index (χ3v) is 3.28. The third-order valence-electron chi connectivity index (χ3n) is 3.28. The summed E-state index contributed by atoms with van der Waals surface area (Å²) in [6.45, 7) is 9.09. The second kappa shape index (κ2) is 8.30. The van der Waals surface area contributed by atoms with Crippen LogP contribution in [0.3, 0.4) is 0 Å². The van der Waals surface area contributed by atoms with E-state index in [2.05, 4.69) is 37.4 Å². The number of aryl methyl sites for hydroxylation is 2. The summed E-state index contributed by atoms with van der Waals surface area (Å²) in [6.07, 6.45) is 9.15. The minimum absolute atomic E-state index is 0.741. The highest BCUT2D eigenvalue weighted by Crippen LogP contribution is 2.14. The molecule has 0 saturated carbocycles. The van der Waals surface area contributed by atoms with Gasteiger partial charge in [-0.2, -0.15) is 5.10 Å². The Morgan fingerprint density at radius 1 is 1.28 bits per heavy atom. The van der Waals surface area contributed by atoms with Crippen molar-refractivity contribution in [1.82, 2.24) is 15.1 Å². The van der Waals surface area contributed by atoms with Crippen molar-refractivity contribution in [2.75, 3.05) is 13.1 Å². The third kappa shape index (κ3) is 6.20. The maximum Gasteiger partial charge on any atom is 0.0521 e. The summed E-state index contributed by atoms with van der Waals surface area (Å²) < 4.78 is 1.89. The van der Waals surface area contributed by atoms with Gasteiger partial charge in [-0.3, -0.25) is 4.68 Å². The molecule has 0 bridgehead atoms. The first-order valence-corrected chi connectivity index (χ1v) is 7.30. The number of aromatic nitrogens is 2. The molecule has 0 aliphatic carbocycles. The van der Waals surface area contributed by atoms with Crippen molar-refractivity contribution < 1.29 is 0 Å². The van der Waals surface area contributed by atoms with Gasteiger partial charge in [-0.25, -0.2) is 0 Å². The molecule has 1 unspecified atom stereocenters. The van der Waals surface area contributed by atoms with E-state index in [-0.39, 0.29) is 0 Å². The topological polar surface area (TPSA) is 29.9 Å². The summed E-state index contributed by atoms with van der Waals surface area (Å²) in [7, 11) is 1.98. The van der Waals surface area contributed by atoms with Crippen molar-refractivity contribution >= 4 is 0 Å². The molecule has 1 heterocycles. The monoisotopic (exact) mass is 251 g/mol. The molecule has 1 atom stereocenters. The molecule has 0 saturated heterocycles. The summed E-state index contributed by atoms with van der Waals surface area (Å²) in [5, 5.41) is 7.82. The second-order valence-corrected chi connectivity index (χ2v) is 5.77. The predicted octanol–water partition coefficient (Wildman–Crippen LogP) is 3.01. The average Bonchev–Trinajstić information content (AvgIpc) is 2.71. The first-order valence-electron chi connectivity index (χ1n) is 7.30. The van der Waals surface area contributed by atoms with Crippen molar-refractivity contribution in [3.8, 4) is 0 Å². The molecule has 0 fully saturated rings. The lowest BCUT2D eigenvalue weighted by molar-refractivity contribution is 0.401. The maximum absolute atomic E-state index is 4.23. The molecule has 0 amide bonds. The quantitative estimate of drug-likeness (QED) is 0.731. The van der Waals surface area contributed by atoms with Gasteiger partial charge >= 0.3 is 0 Å². The molecule has 1 rings (SSSR count). The van der Waals surface area contributed by atoms with E-state index in [0.29, 0.717) is 0 Å². The molecule has 1 N–H and O–H groups in total. The molecule has 3 heteroatoms. The number of nitrogens with zero attached hydrogens (tertiary/aromatic N) is 2. The molecule has 104 valence electrons. The molecule has 0 aliphatic rings. The van der Waals surface area contributed by atoms with Gasteiger partial charge in [0.15, 0.2) is 0 Å². The summed E-state index contributed by atoms with van der Waals surface area (Å²) >= 11 is 0. The van der Waals surface area contributed by atoms with E-state index < -0.39 is 0 Å². The van der Waals surface area contributed by atoms with Crippen molar-refractivity contribution in [3.63, 3.8) is 0 Å². The molecule has 18 heavy (non-hydrogen) atoms. The zero-order valence-corrected chi connectivity index (χ0v) is 12.4. The van der Waals surface area contributed by atoms with Crippen LogP contribution in [0, 0.1) is 11.8 Å². The van der Waals surface area contributed by atoms with Crippen molar-refractivity contribution in [3.05, 3.63) is 18.0 Å². The molecule has 1 aromatic heterocycles. The zero-order valence-electron chi connectivity index (χ0n) is 12.4. The normalized spacial score (nSPS) is 13.2. The lowest BCUT2D eigenvalue weighted by Gasteiger charge is -2.17. The lowest BCUT2D eigenvalue weighted by Crippen LogP contribution is -2.26. The number of rotatable bonds is 9. The number of nitrogens with one attached hydrogen (secondary N) is 1. The summed E-state index contributed by atoms with van der Waals surface area (Å²) in [5.74, 6) is 1.54. The van der Waals surface area contributed by atoms with Crippen LogP contribution in [0.25, 0.3) is 0 Å². The minimum atomic E-state index is 0.741. The molecule has 0 aliphatic heterocycles. The van der Waals surface area contributed by atoms with E-state index in [1.807, 2.05) is 17.9 Å². The largest absolute Gasteiger partial charge is 0.316 e. The molecule has 0 aromatic carbocycles. The SMILES string of the molecule is CCCC(CCc1cnn(C)c1)CNCC(C)C. The first-order chi connectivity index (χ1) is 8.61. The van der Waals surface area contributed by atoms with Crippen LogP contribution in [0.15, 0.2) is 12.4 Å². The van der Waals surface area contributed by atoms with E-state index in [4.69, 9.17) is 0 Å². The molecule has 0 spiro atoms. The van der Waals surface area contributed by atoms with Crippen LogP contribution in [0.1, 0.15) is 45.6 Å². The van der Waals surface area contributed by atoms with Crippen LogP contribution in [-0.4, -0.2) is 22.9 Å². The highest BCUT2D eigenvalue weighted by atomic mass is 15.2. The fraction of sp³-hybridized carbons (Fsp3) is 0.800. The van der Waals surface area contributed by atoms with E-state index in [1.165, 1.54) is 24.8 Å². The fourth-order valence-corrected chi connectivity index (χ4v) is 2.30. The Kier molecular flexibility index (Phi) is 7.02. The van der Waals surface area contributed by atoms with Gasteiger partial charge in [0.2, 0.25) is 0 Å². The molecule has 3 nitrogen and oxygen atoms in total. The highest BCUT2D eigenvalue weighted by Gasteiger charge is 2.09. The van der Waals surface area contributed by atoms with Crippen molar-refractivity contribution in [2.24, 2.45) is 18.9 Å². The lowest BCUT2D eigenvalue weighted by atomic mass is 9.96. The van der Waals surface area contributed by atoms with Gasteiger partial charge in [-0.05, 0) is 49.8 Å². The molecular formula is C15H29N3. The average molecular weight is 251 g/mol.